The molecular weight excluding hydrogens is 997 g/mol. The highest BCUT2D eigenvalue weighted by molar-refractivity contribution is 6.27. The molecule has 17 rings (SSSR count). The Labute approximate surface area is 472 Å². The van der Waals surface area contributed by atoms with Crippen LogP contribution in [0, 0.1) is 0 Å². The summed E-state index contributed by atoms with van der Waals surface area (Å²) in [6, 6.07) is 106. The maximum Gasteiger partial charge on any atom is 0.137 e. The highest BCUT2D eigenvalue weighted by Gasteiger charge is 2.26. The van der Waals surface area contributed by atoms with Gasteiger partial charge in [0.1, 0.15) is 22.3 Å². The molecule has 0 saturated carbocycles. The first-order valence-corrected chi connectivity index (χ1v) is 28.1. The molecule has 82 heavy (non-hydrogen) atoms. The number of nitrogens with zero attached hydrogens (tertiary/aromatic N) is 2. The molecule has 0 aliphatic rings. The monoisotopic (exact) mass is 1040 g/mol. The van der Waals surface area contributed by atoms with Crippen molar-refractivity contribution < 1.29 is 8.83 Å². The Kier molecular flexibility index (Phi) is 10.3. The molecule has 0 saturated heterocycles. The van der Waals surface area contributed by atoms with E-state index in [0.29, 0.717) is 0 Å². The van der Waals surface area contributed by atoms with E-state index >= 15 is 0 Å². The van der Waals surface area contributed by atoms with Gasteiger partial charge in [0.25, 0.3) is 0 Å². The lowest BCUT2D eigenvalue weighted by molar-refractivity contribution is 0.668. The predicted octanol–water partition coefficient (Wildman–Crippen LogP) is 22.7. The second-order valence-corrected chi connectivity index (χ2v) is 21.5. The van der Waals surface area contributed by atoms with Gasteiger partial charge in [0.05, 0.1) is 11.4 Å². The molecule has 0 atom stereocenters. The Balaban J connectivity index is 0.995. The fourth-order valence-corrected chi connectivity index (χ4v) is 13.3. The van der Waals surface area contributed by atoms with Crippen LogP contribution in [0.25, 0.3) is 131 Å². The second kappa shape index (κ2) is 18.3. The van der Waals surface area contributed by atoms with Gasteiger partial charge in [-0.15, -0.1) is 0 Å². The zero-order valence-electron chi connectivity index (χ0n) is 44.4. The average molecular weight is 1050 g/mol. The van der Waals surface area contributed by atoms with Crippen molar-refractivity contribution in [3.63, 3.8) is 0 Å². The van der Waals surface area contributed by atoms with Crippen LogP contribution in [-0.4, -0.2) is 0 Å². The number of fused-ring (bicyclic) bond motifs is 12. The Bertz CT molecular complexity index is 5090. The third-order valence-corrected chi connectivity index (χ3v) is 17.0. The molecule has 0 amide bonds. The molecule has 0 spiro atoms. The Morgan fingerprint density at radius 3 is 0.927 bits per heavy atom. The molecule has 0 bridgehead atoms. The average Bonchev–Trinajstić information content (AvgIpc) is 3.27. The molecule has 15 aromatic carbocycles. The molecule has 382 valence electrons. The second-order valence-electron chi connectivity index (χ2n) is 21.5. The van der Waals surface area contributed by atoms with Crippen LogP contribution in [0.5, 0.6) is 0 Å². The highest BCUT2D eigenvalue weighted by atomic mass is 16.3. The number of para-hydroxylation sites is 2. The van der Waals surface area contributed by atoms with Crippen molar-refractivity contribution in [3.8, 4) is 22.3 Å². The Morgan fingerprint density at radius 2 is 0.500 bits per heavy atom. The number of benzene rings is 15. The van der Waals surface area contributed by atoms with E-state index in [1.807, 2.05) is 12.1 Å². The summed E-state index contributed by atoms with van der Waals surface area (Å²) in [5.41, 5.74) is 14.3. The van der Waals surface area contributed by atoms with E-state index in [2.05, 4.69) is 289 Å². The largest absolute Gasteiger partial charge is 0.456 e. The van der Waals surface area contributed by atoms with Gasteiger partial charge < -0.3 is 18.6 Å². The summed E-state index contributed by atoms with van der Waals surface area (Å²) in [6.07, 6.45) is 0. The van der Waals surface area contributed by atoms with Gasteiger partial charge in [-0.25, -0.2) is 0 Å². The third kappa shape index (κ3) is 7.18. The molecule has 0 unspecified atom stereocenters. The van der Waals surface area contributed by atoms with E-state index in [1.165, 1.54) is 54.6 Å². The predicted molar refractivity (Wildman–Crippen MR) is 346 cm³/mol. The Hall–Kier alpha value is -10.9. The van der Waals surface area contributed by atoms with Crippen molar-refractivity contribution in [3.05, 3.63) is 291 Å². The summed E-state index contributed by atoms with van der Waals surface area (Å²) in [6.45, 7) is 0. The topological polar surface area (TPSA) is 32.8 Å². The summed E-state index contributed by atoms with van der Waals surface area (Å²) in [5, 5.41) is 18.4. The lowest BCUT2D eigenvalue weighted by Crippen LogP contribution is -2.11. The van der Waals surface area contributed by atoms with Crippen LogP contribution in [0.4, 0.5) is 34.1 Å². The van der Waals surface area contributed by atoms with E-state index in [9.17, 15) is 0 Å². The van der Waals surface area contributed by atoms with Gasteiger partial charge >= 0.3 is 0 Å². The molecule has 17 aromatic rings. The molecule has 0 aliphatic carbocycles. The zero-order valence-corrected chi connectivity index (χ0v) is 44.4. The van der Waals surface area contributed by atoms with Gasteiger partial charge in [-0.05, 0) is 149 Å². The summed E-state index contributed by atoms with van der Waals surface area (Å²) in [7, 11) is 0. The first-order valence-electron chi connectivity index (χ1n) is 28.1. The van der Waals surface area contributed by atoms with Crippen molar-refractivity contribution in [2.45, 2.75) is 0 Å². The van der Waals surface area contributed by atoms with E-state index in [-0.39, 0.29) is 0 Å². The minimum Gasteiger partial charge on any atom is -0.456 e. The smallest absolute Gasteiger partial charge is 0.137 e. The zero-order chi connectivity index (χ0) is 53.8. The first kappa shape index (κ1) is 46.0. The fourth-order valence-electron chi connectivity index (χ4n) is 13.3. The maximum atomic E-state index is 6.64. The molecule has 4 heteroatoms. The number of hydrogen-bond donors (Lipinski definition) is 0. The van der Waals surface area contributed by atoms with Crippen molar-refractivity contribution in [1.82, 2.24) is 0 Å². The highest BCUT2D eigenvalue weighted by Crippen LogP contribution is 2.52. The van der Waals surface area contributed by atoms with Crippen LogP contribution in [0.1, 0.15) is 0 Å². The molecular formula is C78H48N2O2. The molecule has 0 N–H and O–H groups in total. The van der Waals surface area contributed by atoms with Gasteiger partial charge in [-0.2, -0.15) is 0 Å². The van der Waals surface area contributed by atoms with Crippen LogP contribution < -0.4 is 9.80 Å². The minimum absolute atomic E-state index is 0.844. The van der Waals surface area contributed by atoms with Crippen LogP contribution in [-0.2, 0) is 0 Å². The van der Waals surface area contributed by atoms with E-state index in [4.69, 9.17) is 8.83 Å². The standard InChI is InChI=1S/C78H48N2O2/c1-5-25-57-49(17-1)21-13-31-65(57)77-67-43-39-54(80(72-34-16-24-52-20-4-8-28-60(52)72)56-38-42-64-62-30-10-12-36-74(62)82-76(64)48-56)46-70(67)78(66-32-14-22-50-18-2-6-26-58(50)66)68-44-40-53(45-69(68)77)79(71-33-15-23-51-19-3-7-27-59(51)71)55-37-41-63-61-29-9-11-35-73(61)81-75(63)47-55/h1-48H. The number of anilines is 6. The van der Waals surface area contributed by atoms with Crippen molar-refractivity contribution in [2.75, 3.05) is 9.80 Å². The van der Waals surface area contributed by atoms with Gasteiger partial charge in [-0.1, -0.05) is 206 Å². The molecule has 4 nitrogen and oxygen atoms in total. The lowest BCUT2D eigenvalue weighted by Gasteiger charge is -2.29. The van der Waals surface area contributed by atoms with Crippen LogP contribution in [0.3, 0.4) is 0 Å². The summed E-state index contributed by atoms with van der Waals surface area (Å²) < 4.78 is 13.3. The SMILES string of the molecule is c1ccc2c(-c3c4ccc(N(c5ccc6c(c5)oc5ccccc56)c5cccc6ccccc56)cc4c(-c4cccc5ccccc45)c4ccc(N(c5ccc6c(c5)oc5ccccc56)c5cccc6ccccc56)cc34)cccc2c1. The minimum atomic E-state index is 0.844. The normalized spacial score (nSPS) is 11.9. The van der Waals surface area contributed by atoms with E-state index in [0.717, 1.165) is 110 Å². The van der Waals surface area contributed by atoms with Gasteiger partial charge in [0.2, 0.25) is 0 Å². The number of rotatable bonds is 8. The van der Waals surface area contributed by atoms with Crippen LogP contribution >= 0.6 is 0 Å². The van der Waals surface area contributed by atoms with Gasteiger partial charge in [0, 0.05) is 67.2 Å². The van der Waals surface area contributed by atoms with Gasteiger partial charge in [-0.3, -0.25) is 0 Å². The van der Waals surface area contributed by atoms with Crippen molar-refractivity contribution >= 4 is 143 Å². The molecule has 0 aliphatic heterocycles. The first-order chi connectivity index (χ1) is 40.7. The van der Waals surface area contributed by atoms with E-state index < -0.39 is 0 Å². The van der Waals surface area contributed by atoms with Crippen molar-refractivity contribution in [2.24, 2.45) is 0 Å². The summed E-state index contributed by atoms with van der Waals surface area (Å²) in [5.74, 6) is 0. The number of furan rings is 2. The maximum absolute atomic E-state index is 6.64. The summed E-state index contributed by atoms with van der Waals surface area (Å²) >= 11 is 0. The quantitative estimate of drug-likeness (QED) is 0.142. The molecule has 0 fully saturated rings. The number of hydrogen-bond acceptors (Lipinski definition) is 4. The van der Waals surface area contributed by atoms with Gasteiger partial charge in [0.15, 0.2) is 0 Å². The van der Waals surface area contributed by atoms with Crippen LogP contribution in [0.15, 0.2) is 300 Å². The fraction of sp³-hybridized carbons (Fsp3) is 0. The molecule has 2 heterocycles. The molecule has 0 radical (unpaired) electrons. The van der Waals surface area contributed by atoms with Crippen molar-refractivity contribution in [1.29, 1.82) is 0 Å². The third-order valence-electron chi connectivity index (χ3n) is 17.0. The molecule has 2 aromatic heterocycles. The lowest BCUT2D eigenvalue weighted by atomic mass is 9.83. The van der Waals surface area contributed by atoms with E-state index in [1.54, 1.807) is 0 Å². The Morgan fingerprint density at radius 1 is 0.195 bits per heavy atom. The summed E-state index contributed by atoms with van der Waals surface area (Å²) in [4.78, 5) is 4.85. The van der Waals surface area contributed by atoms with Crippen LogP contribution in [0.2, 0.25) is 0 Å².